The summed E-state index contributed by atoms with van der Waals surface area (Å²) in [6.45, 7) is 1.18. The average molecular weight is 420 g/mol. The highest BCUT2D eigenvalue weighted by Gasteiger charge is 2.42. The van der Waals surface area contributed by atoms with Crippen molar-refractivity contribution in [3.63, 3.8) is 0 Å². The number of nitrogens with zero attached hydrogens (tertiary/aromatic N) is 3. The van der Waals surface area contributed by atoms with Gasteiger partial charge in [-0.15, -0.1) is 0 Å². The second-order valence-electron chi connectivity index (χ2n) is 7.85. The number of carbonyl (C=O) groups excluding carboxylic acids is 2. The Hall–Kier alpha value is -3.39. The molecule has 0 spiro atoms. The number of methoxy groups -OCH3 is 1. The number of amides is 2. The van der Waals surface area contributed by atoms with Crippen LogP contribution in [0.4, 0.5) is 11.6 Å². The van der Waals surface area contributed by atoms with E-state index in [-0.39, 0.29) is 24.3 Å². The third kappa shape index (κ3) is 3.63. The summed E-state index contributed by atoms with van der Waals surface area (Å²) in [6.07, 6.45) is 1.95. The van der Waals surface area contributed by atoms with Crippen molar-refractivity contribution in [1.29, 1.82) is 0 Å². The van der Waals surface area contributed by atoms with Gasteiger partial charge in [-0.2, -0.15) is 0 Å². The number of hydrogen-bond acceptors (Lipinski definition) is 5. The SMILES string of the molecule is COc1ccc(NC(=O)C[C@@H]2C(=O)N(C[C@@H]3CCCO3)c3nc4ccccc4n32)cc1. The van der Waals surface area contributed by atoms with Gasteiger partial charge < -0.3 is 14.8 Å². The van der Waals surface area contributed by atoms with Crippen LogP contribution in [0.15, 0.2) is 48.5 Å². The van der Waals surface area contributed by atoms with E-state index in [1.54, 1.807) is 36.3 Å². The van der Waals surface area contributed by atoms with E-state index in [1.165, 1.54) is 0 Å². The lowest BCUT2D eigenvalue weighted by Crippen LogP contribution is -2.37. The zero-order chi connectivity index (χ0) is 21.4. The van der Waals surface area contributed by atoms with Crippen LogP contribution in [0.2, 0.25) is 0 Å². The molecule has 0 saturated carbocycles. The van der Waals surface area contributed by atoms with Crippen molar-refractivity contribution in [1.82, 2.24) is 9.55 Å². The molecule has 0 bridgehead atoms. The molecule has 2 atom stereocenters. The maximum absolute atomic E-state index is 13.3. The molecule has 8 heteroatoms. The fraction of sp³-hybridized carbons (Fsp3) is 0.348. The second-order valence-corrected chi connectivity index (χ2v) is 7.85. The van der Waals surface area contributed by atoms with Gasteiger partial charge >= 0.3 is 0 Å². The van der Waals surface area contributed by atoms with Gasteiger partial charge in [0.05, 0.1) is 37.2 Å². The molecular formula is C23H24N4O4. The quantitative estimate of drug-likeness (QED) is 0.662. The summed E-state index contributed by atoms with van der Waals surface area (Å²) in [5.74, 6) is 0.951. The zero-order valence-electron chi connectivity index (χ0n) is 17.3. The Morgan fingerprint density at radius 1 is 1.23 bits per heavy atom. The standard InChI is InChI=1S/C23H24N4O4/c1-30-16-10-8-15(9-11-16)24-21(28)13-20-22(29)26(14-17-5-4-12-31-17)23-25-18-6-2-3-7-19(18)27(20)23/h2-3,6-11,17,20H,4-5,12-14H2,1H3,(H,24,28)/t17-,20+/m0/s1. The average Bonchev–Trinajstić information content (AvgIpc) is 3.48. The van der Waals surface area contributed by atoms with E-state index in [4.69, 9.17) is 14.5 Å². The molecule has 0 radical (unpaired) electrons. The highest BCUT2D eigenvalue weighted by Crippen LogP contribution is 2.37. The van der Waals surface area contributed by atoms with Crippen molar-refractivity contribution in [2.75, 3.05) is 30.5 Å². The number of para-hydroxylation sites is 2. The molecule has 0 unspecified atom stereocenters. The van der Waals surface area contributed by atoms with Gasteiger partial charge in [-0.1, -0.05) is 12.1 Å². The van der Waals surface area contributed by atoms with Crippen molar-refractivity contribution in [2.24, 2.45) is 0 Å². The van der Waals surface area contributed by atoms with Crippen molar-refractivity contribution >= 4 is 34.5 Å². The van der Waals surface area contributed by atoms with E-state index in [1.807, 2.05) is 28.8 Å². The monoisotopic (exact) mass is 420 g/mol. The molecule has 2 aromatic carbocycles. The van der Waals surface area contributed by atoms with Gasteiger partial charge in [0.1, 0.15) is 11.8 Å². The predicted molar refractivity (Wildman–Crippen MR) is 116 cm³/mol. The topological polar surface area (TPSA) is 85.7 Å². The van der Waals surface area contributed by atoms with Crippen LogP contribution in [-0.4, -0.2) is 47.7 Å². The van der Waals surface area contributed by atoms with E-state index < -0.39 is 6.04 Å². The minimum Gasteiger partial charge on any atom is -0.497 e. The lowest BCUT2D eigenvalue weighted by Gasteiger charge is -2.19. The van der Waals surface area contributed by atoms with Crippen molar-refractivity contribution in [3.8, 4) is 5.75 Å². The lowest BCUT2D eigenvalue weighted by molar-refractivity contribution is -0.124. The van der Waals surface area contributed by atoms with Gasteiger partial charge in [0.25, 0.3) is 5.91 Å². The first-order chi connectivity index (χ1) is 15.1. The molecule has 8 nitrogen and oxygen atoms in total. The molecule has 2 amide bonds. The number of nitrogens with one attached hydrogen (secondary N) is 1. The molecule has 1 N–H and O–H groups in total. The molecule has 5 rings (SSSR count). The van der Waals surface area contributed by atoms with Gasteiger partial charge in [0.15, 0.2) is 0 Å². The maximum Gasteiger partial charge on any atom is 0.253 e. The fourth-order valence-electron chi connectivity index (χ4n) is 4.32. The van der Waals surface area contributed by atoms with E-state index in [2.05, 4.69) is 5.32 Å². The maximum atomic E-state index is 13.3. The highest BCUT2D eigenvalue weighted by atomic mass is 16.5. The molecular weight excluding hydrogens is 396 g/mol. The molecule has 3 aromatic rings. The van der Waals surface area contributed by atoms with Crippen molar-refractivity contribution < 1.29 is 19.1 Å². The van der Waals surface area contributed by atoms with Crippen LogP contribution < -0.4 is 15.0 Å². The molecule has 3 heterocycles. The number of benzene rings is 2. The normalized spacial score (nSPS) is 20.3. The van der Waals surface area contributed by atoms with Gasteiger partial charge in [0, 0.05) is 12.3 Å². The second kappa shape index (κ2) is 8.03. The number of carbonyl (C=O) groups is 2. The Kier molecular flexibility index (Phi) is 5.07. The summed E-state index contributed by atoms with van der Waals surface area (Å²) >= 11 is 0. The molecule has 1 fully saturated rings. The molecule has 2 aliphatic heterocycles. The first-order valence-corrected chi connectivity index (χ1v) is 10.5. The molecule has 0 aliphatic carbocycles. The molecule has 1 saturated heterocycles. The van der Waals surface area contributed by atoms with Crippen LogP contribution in [-0.2, 0) is 14.3 Å². The van der Waals surface area contributed by atoms with Crippen LogP contribution in [0, 0.1) is 0 Å². The first kappa shape index (κ1) is 19.6. The molecule has 31 heavy (non-hydrogen) atoms. The van der Waals surface area contributed by atoms with Crippen LogP contribution in [0.5, 0.6) is 5.75 Å². The van der Waals surface area contributed by atoms with Crippen LogP contribution in [0.3, 0.4) is 0 Å². The third-order valence-corrected chi connectivity index (χ3v) is 5.84. The Labute approximate surface area is 179 Å². The molecule has 2 aliphatic rings. The molecule has 1 aromatic heterocycles. The van der Waals surface area contributed by atoms with Crippen LogP contribution >= 0.6 is 0 Å². The summed E-state index contributed by atoms with van der Waals surface area (Å²) in [5.41, 5.74) is 2.31. The van der Waals surface area contributed by atoms with Crippen molar-refractivity contribution in [3.05, 3.63) is 48.5 Å². The Morgan fingerprint density at radius 2 is 2.03 bits per heavy atom. The lowest BCUT2D eigenvalue weighted by atomic mass is 10.1. The predicted octanol–water partition coefficient (Wildman–Crippen LogP) is 3.14. The Morgan fingerprint density at radius 3 is 2.77 bits per heavy atom. The summed E-state index contributed by atoms with van der Waals surface area (Å²) in [6, 6.07) is 14.2. The number of fused-ring (bicyclic) bond motifs is 3. The number of ether oxygens (including phenoxy) is 2. The molecule has 160 valence electrons. The Balaban J connectivity index is 1.41. The van der Waals surface area contributed by atoms with Gasteiger partial charge in [-0.05, 0) is 49.2 Å². The van der Waals surface area contributed by atoms with Gasteiger partial charge in [-0.25, -0.2) is 4.98 Å². The van der Waals surface area contributed by atoms with Crippen LogP contribution in [0.1, 0.15) is 25.3 Å². The first-order valence-electron chi connectivity index (χ1n) is 10.5. The number of hydrogen-bond donors (Lipinski definition) is 1. The zero-order valence-corrected chi connectivity index (χ0v) is 17.3. The fourth-order valence-corrected chi connectivity index (χ4v) is 4.32. The van der Waals surface area contributed by atoms with Gasteiger partial charge in [0.2, 0.25) is 11.9 Å². The van der Waals surface area contributed by atoms with Crippen molar-refractivity contribution in [2.45, 2.75) is 31.4 Å². The highest BCUT2D eigenvalue weighted by molar-refractivity contribution is 6.05. The summed E-state index contributed by atoms with van der Waals surface area (Å²) in [7, 11) is 1.59. The minimum atomic E-state index is -0.637. The van der Waals surface area contributed by atoms with Gasteiger partial charge in [-0.3, -0.25) is 19.1 Å². The largest absolute Gasteiger partial charge is 0.497 e. The number of imidazole rings is 1. The Bertz CT molecular complexity index is 1120. The summed E-state index contributed by atoms with van der Waals surface area (Å²) in [4.78, 5) is 32.5. The van der Waals surface area contributed by atoms with E-state index in [0.29, 0.717) is 23.9 Å². The van der Waals surface area contributed by atoms with E-state index in [0.717, 1.165) is 30.5 Å². The number of aromatic nitrogens is 2. The van der Waals surface area contributed by atoms with E-state index >= 15 is 0 Å². The summed E-state index contributed by atoms with van der Waals surface area (Å²) < 4.78 is 12.8. The van der Waals surface area contributed by atoms with E-state index in [9.17, 15) is 9.59 Å². The third-order valence-electron chi connectivity index (χ3n) is 5.84. The summed E-state index contributed by atoms with van der Waals surface area (Å²) in [5, 5.41) is 2.88. The number of rotatable bonds is 6. The minimum absolute atomic E-state index is 0.00379. The van der Waals surface area contributed by atoms with Crippen LogP contribution in [0.25, 0.3) is 11.0 Å². The smallest absolute Gasteiger partial charge is 0.253 e. The number of anilines is 2.